The van der Waals surface area contributed by atoms with Crippen molar-refractivity contribution in [3.05, 3.63) is 24.0 Å². The SMILES string of the molecule is Cc1ccc(NC(=O)N2CCN(C(=O)OC(C)(C)C)CC2)cn1. The van der Waals surface area contributed by atoms with E-state index in [1.54, 1.807) is 16.0 Å². The van der Waals surface area contributed by atoms with Crippen LogP contribution in [-0.2, 0) is 4.74 Å². The van der Waals surface area contributed by atoms with Gasteiger partial charge >= 0.3 is 12.1 Å². The van der Waals surface area contributed by atoms with Crippen LogP contribution in [0, 0.1) is 6.92 Å². The van der Waals surface area contributed by atoms with Crippen molar-refractivity contribution in [1.29, 1.82) is 0 Å². The molecule has 23 heavy (non-hydrogen) atoms. The quantitative estimate of drug-likeness (QED) is 0.862. The van der Waals surface area contributed by atoms with Gasteiger partial charge in [0.25, 0.3) is 0 Å². The number of ether oxygens (including phenoxy) is 1. The van der Waals surface area contributed by atoms with Crippen LogP contribution in [0.25, 0.3) is 0 Å². The Morgan fingerprint density at radius 2 is 1.74 bits per heavy atom. The molecule has 7 nitrogen and oxygen atoms in total. The van der Waals surface area contributed by atoms with Gasteiger partial charge in [-0.15, -0.1) is 0 Å². The Morgan fingerprint density at radius 1 is 1.13 bits per heavy atom. The first-order valence-corrected chi connectivity index (χ1v) is 7.71. The normalized spacial score (nSPS) is 15.3. The predicted molar refractivity (Wildman–Crippen MR) is 87.4 cm³/mol. The molecule has 3 amide bonds. The Bertz CT molecular complexity index is 558. The lowest BCUT2D eigenvalue weighted by Crippen LogP contribution is -2.52. The van der Waals surface area contributed by atoms with E-state index in [1.807, 2.05) is 39.8 Å². The van der Waals surface area contributed by atoms with Gasteiger partial charge in [0.1, 0.15) is 5.60 Å². The van der Waals surface area contributed by atoms with Gasteiger partial charge in [0.05, 0.1) is 11.9 Å². The van der Waals surface area contributed by atoms with Crippen molar-refractivity contribution in [1.82, 2.24) is 14.8 Å². The van der Waals surface area contributed by atoms with Gasteiger partial charge in [0.2, 0.25) is 0 Å². The molecule has 1 aliphatic rings. The maximum atomic E-state index is 12.2. The molecule has 1 saturated heterocycles. The number of anilines is 1. The highest BCUT2D eigenvalue weighted by molar-refractivity contribution is 5.89. The Morgan fingerprint density at radius 3 is 2.26 bits per heavy atom. The van der Waals surface area contributed by atoms with Crippen LogP contribution in [-0.4, -0.2) is 58.7 Å². The number of nitrogens with one attached hydrogen (secondary N) is 1. The molecule has 0 radical (unpaired) electrons. The standard InChI is InChI=1S/C16H24N4O3/c1-12-5-6-13(11-17-12)18-14(21)19-7-9-20(10-8-19)15(22)23-16(2,3)4/h5-6,11H,7-10H2,1-4H3,(H,18,21). The molecule has 1 aromatic rings. The van der Waals surface area contributed by atoms with Gasteiger partial charge in [0.15, 0.2) is 0 Å². The number of carbonyl (C=O) groups is 2. The van der Waals surface area contributed by atoms with Crippen molar-refractivity contribution >= 4 is 17.8 Å². The van der Waals surface area contributed by atoms with Gasteiger partial charge in [-0.2, -0.15) is 0 Å². The predicted octanol–water partition coefficient (Wildman–Crippen LogP) is 2.47. The Labute approximate surface area is 136 Å². The van der Waals surface area contributed by atoms with E-state index in [4.69, 9.17) is 4.74 Å². The summed E-state index contributed by atoms with van der Waals surface area (Å²) in [6.45, 7) is 9.29. The number of carbonyl (C=O) groups excluding carboxylic acids is 2. The third kappa shape index (κ3) is 5.12. The van der Waals surface area contributed by atoms with E-state index in [0.717, 1.165) is 5.69 Å². The van der Waals surface area contributed by atoms with Crippen LogP contribution in [0.5, 0.6) is 0 Å². The number of aromatic nitrogens is 1. The van der Waals surface area contributed by atoms with Crippen LogP contribution in [0.2, 0.25) is 0 Å². The smallest absolute Gasteiger partial charge is 0.410 e. The summed E-state index contributed by atoms with van der Waals surface area (Å²) < 4.78 is 5.34. The number of piperazine rings is 1. The van der Waals surface area contributed by atoms with Crippen molar-refractivity contribution in [2.75, 3.05) is 31.5 Å². The van der Waals surface area contributed by atoms with E-state index in [1.165, 1.54) is 0 Å². The Balaban J connectivity index is 1.83. The number of aryl methyl sites for hydroxylation is 1. The molecule has 1 aliphatic heterocycles. The van der Waals surface area contributed by atoms with Gasteiger partial charge in [0, 0.05) is 31.9 Å². The molecule has 0 bridgehead atoms. The Kier molecular flexibility index (Phi) is 5.08. The summed E-state index contributed by atoms with van der Waals surface area (Å²) in [4.78, 5) is 31.7. The first-order valence-electron chi connectivity index (χ1n) is 7.71. The fourth-order valence-corrected chi connectivity index (χ4v) is 2.16. The van der Waals surface area contributed by atoms with Crippen LogP contribution < -0.4 is 5.32 Å². The fraction of sp³-hybridized carbons (Fsp3) is 0.562. The van der Waals surface area contributed by atoms with Gasteiger partial charge in [-0.05, 0) is 39.8 Å². The van der Waals surface area contributed by atoms with Crippen LogP contribution in [0.4, 0.5) is 15.3 Å². The zero-order valence-electron chi connectivity index (χ0n) is 14.1. The largest absolute Gasteiger partial charge is 0.444 e. The molecule has 1 fully saturated rings. The number of hydrogen-bond acceptors (Lipinski definition) is 4. The number of amides is 3. The maximum Gasteiger partial charge on any atom is 0.410 e. The molecule has 2 rings (SSSR count). The molecule has 0 atom stereocenters. The summed E-state index contributed by atoms with van der Waals surface area (Å²) in [7, 11) is 0. The summed E-state index contributed by atoms with van der Waals surface area (Å²) >= 11 is 0. The van der Waals surface area contributed by atoms with E-state index >= 15 is 0 Å². The lowest BCUT2D eigenvalue weighted by molar-refractivity contribution is 0.0174. The number of hydrogen-bond donors (Lipinski definition) is 1. The second-order valence-electron chi connectivity index (χ2n) is 6.57. The summed E-state index contributed by atoms with van der Waals surface area (Å²) in [5.74, 6) is 0. The molecule has 0 saturated carbocycles. The lowest BCUT2D eigenvalue weighted by atomic mass is 10.2. The molecule has 0 spiro atoms. The molecule has 0 aliphatic carbocycles. The van der Waals surface area contributed by atoms with E-state index in [-0.39, 0.29) is 12.1 Å². The molecule has 1 N–H and O–H groups in total. The molecular formula is C16H24N4O3. The minimum atomic E-state index is -0.510. The number of rotatable bonds is 1. The van der Waals surface area contributed by atoms with Crippen LogP contribution in [0.15, 0.2) is 18.3 Å². The number of nitrogens with zero attached hydrogens (tertiary/aromatic N) is 3. The summed E-state index contributed by atoms with van der Waals surface area (Å²) in [5, 5.41) is 2.81. The van der Waals surface area contributed by atoms with Gasteiger partial charge in [-0.1, -0.05) is 0 Å². The zero-order chi connectivity index (χ0) is 17.0. The van der Waals surface area contributed by atoms with Crippen molar-refractivity contribution < 1.29 is 14.3 Å². The first-order chi connectivity index (χ1) is 10.7. The van der Waals surface area contributed by atoms with Crippen LogP contribution >= 0.6 is 0 Å². The van der Waals surface area contributed by atoms with Crippen molar-refractivity contribution in [3.63, 3.8) is 0 Å². The Hall–Kier alpha value is -2.31. The monoisotopic (exact) mass is 320 g/mol. The van der Waals surface area contributed by atoms with Gasteiger partial charge in [-0.25, -0.2) is 9.59 Å². The topological polar surface area (TPSA) is 74.8 Å². The zero-order valence-corrected chi connectivity index (χ0v) is 14.1. The van der Waals surface area contributed by atoms with Crippen molar-refractivity contribution in [2.24, 2.45) is 0 Å². The van der Waals surface area contributed by atoms with Crippen molar-refractivity contribution in [3.8, 4) is 0 Å². The van der Waals surface area contributed by atoms with Gasteiger partial charge in [-0.3, -0.25) is 4.98 Å². The minimum Gasteiger partial charge on any atom is -0.444 e. The van der Waals surface area contributed by atoms with Gasteiger partial charge < -0.3 is 19.9 Å². The summed E-state index contributed by atoms with van der Waals surface area (Å²) in [6.07, 6.45) is 1.30. The average Bonchev–Trinajstić information content (AvgIpc) is 2.48. The third-order valence-corrected chi connectivity index (χ3v) is 3.38. The molecular weight excluding hydrogens is 296 g/mol. The van der Waals surface area contributed by atoms with Crippen LogP contribution in [0.1, 0.15) is 26.5 Å². The molecule has 2 heterocycles. The van der Waals surface area contributed by atoms with Crippen LogP contribution in [0.3, 0.4) is 0 Å². The lowest BCUT2D eigenvalue weighted by Gasteiger charge is -2.35. The number of pyridine rings is 1. The molecule has 126 valence electrons. The highest BCUT2D eigenvalue weighted by Crippen LogP contribution is 2.13. The molecule has 1 aromatic heterocycles. The second kappa shape index (κ2) is 6.85. The molecule has 0 aromatic carbocycles. The molecule has 7 heteroatoms. The van der Waals surface area contributed by atoms with Crippen molar-refractivity contribution in [2.45, 2.75) is 33.3 Å². The molecule has 0 unspecified atom stereocenters. The summed E-state index contributed by atoms with van der Waals surface area (Å²) in [5.41, 5.74) is 1.05. The van der Waals surface area contributed by atoms with E-state index < -0.39 is 5.60 Å². The van der Waals surface area contributed by atoms with E-state index in [2.05, 4.69) is 10.3 Å². The minimum absolute atomic E-state index is 0.181. The first kappa shape index (κ1) is 17.1. The second-order valence-corrected chi connectivity index (χ2v) is 6.57. The average molecular weight is 320 g/mol. The third-order valence-electron chi connectivity index (χ3n) is 3.38. The number of urea groups is 1. The van der Waals surface area contributed by atoms with E-state index in [9.17, 15) is 9.59 Å². The fourth-order valence-electron chi connectivity index (χ4n) is 2.16. The highest BCUT2D eigenvalue weighted by atomic mass is 16.6. The van der Waals surface area contributed by atoms with E-state index in [0.29, 0.717) is 31.9 Å². The summed E-state index contributed by atoms with van der Waals surface area (Å²) in [6, 6.07) is 3.48. The maximum absolute atomic E-state index is 12.2. The highest BCUT2D eigenvalue weighted by Gasteiger charge is 2.27.